The van der Waals surface area contributed by atoms with Crippen LogP contribution < -0.4 is 10.1 Å². The van der Waals surface area contributed by atoms with Crippen LogP contribution in [0.4, 0.5) is 5.82 Å². The molecule has 20 heavy (non-hydrogen) atoms. The molecule has 1 unspecified atom stereocenters. The van der Waals surface area contributed by atoms with Crippen molar-refractivity contribution in [2.45, 2.75) is 32.3 Å². The average molecular weight is 276 g/mol. The minimum absolute atomic E-state index is 0.170. The molecule has 1 N–H and O–H groups in total. The highest BCUT2D eigenvalue weighted by Gasteiger charge is 2.16. The van der Waals surface area contributed by atoms with Crippen molar-refractivity contribution in [3.05, 3.63) is 18.6 Å². The summed E-state index contributed by atoms with van der Waals surface area (Å²) in [4.78, 5) is 8.77. The van der Waals surface area contributed by atoms with Gasteiger partial charge in [0.2, 0.25) is 5.65 Å². The number of fused-ring (bicyclic) bond motifs is 1. The number of rotatable bonds is 5. The van der Waals surface area contributed by atoms with Crippen LogP contribution in [0.15, 0.2) is 18.6 Å². The highest BCUT2D eigenvalue weighted by molar-refractivity contribution is 5.53. The first-order valence-corrected chi connectivity index (χ1v) is 7.19. The maximum absolute atomic E-state index is 5.84. The first-order chi connectivity index (χ1) is 9.86. The Morgan fingerprint density at radius 3 is 3.25 bits per heavy atom. The van der Waals surface area contributed by atoms with E-state index in [4.69, 9.17) is 9.47 Å². The van der Waals surface area contributed by atoms with Crippen LogP contribution in [0.1, 0.15) is 26.2 Å². The fourth-order valence-electron chi connectivity index (χ4n) is 2.38. The van der Waals surface area contributed by atoms with Gasteiger partial charge in [0.05, 0.1) is 12.3 Å². The lowest BCUT2D eigenvalue weighted by Crippen LogP contribution is -2.26. The van der Waals surface area contributed by atoms with Gasteiger partial charge < -0.3 is 14.8 Å². The molecule has 2 aromatic heterocycles. The second kappa shape index (κ2) is 6.09. The summed E-state index contributed by atoms with van der Waals surface area (Å²) in [7, 11) is 0. The molecule has 0 radical (unpaired) electrons. The highest BCUT2D eigenvalue weighted by atomic mass is 16.5. The molecular weight excluding hydrogens is 256 g/mol. The van der Waals surface area contributed by atoms with E-state index in [1.165, 1.54) is 6.42 Å². The lowest BCUT2D eigenvalue weighted by atomic mass is 10.1. The zero-order valence-electron chi connectivity index (χ0n) is 11.7. The number of nitrogens with zero attached hydrogens (tertiary/aromatic N) is 3. The Hall–Kier alpha value is -1.82. The van der Waals surface area contributed by atoms with Crippen LogP contribution >= 0.6 is 0 Å². The quantitative estimate of drug-likeness (QED) is 0.906. The monoisotopic (exact) mass is 276 g/mol. The summed E-state index contributed by atoms with van der Waals surface area (Å²) >= 11 is 0. The molecule has 3 rings (SSSR count). The molecule has 0 spiro atoms. The van der Waals surface area contributed by atoms with Gasteiger partial charge in [0.1, 0.15) is 12.4 Å². The van der Waals surface area contributed by atoms with Crippen LogP contribution in [0.25, 0.3) is 5.65 Å². The fraction of sp³-hybridized carbons (Fsp3) is 0.571. The van der Waals surface area contributed by atoms with E-state index >= 15 is 0 Å². The smallest absolute Gasteiger partial charge is 0.260 e. The van der Waals surface area contributed by atoms with Crippen molar-refractivity contribution in [2.75, 3.05) is 25.1 Å². The van der Waals surface area contributed by atoms with Gasteiger partial charge in [-0.1, -0.05) is 0 Å². The van der Waals surface area contributed by atoms with E-state index in [2.05, 4.69) is 15.3 Å². The number of anilines is 1. The van der Waals surface area contributed by atoms with Crippen molar-refractivity contribution in [1.82, 2.24) is 14.4 Å². The van der Waals surface area contributed by atoms with Crippen LogP contribution in [0.5, 0.6) is 5.88 Å². The Morgan fingerprint density at radius 1 is 1.50 bits per heavy atom. The average Bonchev–Trinajstić information content (AvgIpc) is 2.95. The van der Waals surface area contributed by atoms with Gasteiger partial charge in [-0.15, -0.1) is 0 Å². The lowest BCUT2D eigenvalue weighted by Gasteiger charge is -2.22. The third-order valence-corrected chi connectivity index (χ3v) is 3.38. The van der Waals surface area contributed by atoms with Crippen LogP contribution in [0.2, 0.25) is 0 Å². The number of aromatic nitrogens is 3. The zero-order valence-corrected chi connectivity index (χ0v) is 11.7. The Bertz CT molecular complexity index is 563. The first-order valence-electron chi connectivity index (χ1n) is 7.19. The molecule has 0 saturated carbocycles. The van der Waals surface area contributed by atoms with Crippen LogP contribution in [-0.4, -0.2) is 40.2 Å². The van der Waals surface area contributed by atoms with E-state index in [-0.39, 0.29) is 6.10 Å². The lowest BCUT2D eigenvalue weighted by molar-refractivity contribution is -0.0117. The third kappa shape index (κ3) is 2.85. The van der Waals surface area contributed by atoms with E-state index in [0.717, 1.165) is 37.5 Å². The number of ether oxygens (including phenoxy) is 2. The minimum atomic E-state index is 0.170. The summed E-state index contributed by atoms with van der Waals surface area (Å²) in [5.74, 6) is 1.35. The van der Waals surface area contributed by atoms with E-state index in [1.807, 2.05) is 23.7 Å². The van der Waals surface area contributed by atoms with Crippen molar-refractivity contribution < 1.29 is 9.47 Å². The van der Waals surface area contributed by atoms with E-state index in [1.54, 1.807) is 6.20 Å². The predicted octanol–water partition coefficient (Wildman–Crippen LogP) is 2.11. The Morgan fingerprint density at radius 2 is 2.45 bits per heavy atom. The van der Waals surface area contributed by atoms with Gasteiger partial charge in [-0.25, -0.2) is 4.98 Å². The first kappa shape index (κ1) is 13.2. The summed E-state index contributed by atoms with van der Waals surface area (Å²) in [6.07, 6.45) is 9.13. The molecule has 3 heterocycles. The molecule has 1 aliphatic heterocycles. The molecule has 0 aliphatic carbocycles. The molecule has 2 aromatic rings. The van der Waals surface area contributed by atoms with Crippen molar-refractivity contribution in [1.29, 1.82) is 0 Å². The van der Waals surface area contributed by atoms with E-state index in [0.29, 0.717) is 12.5 Å². The zero-order chi connectivity index (χ0) is 13.8. The maximum Gasteiger partial charge on any atom is 0.260 e. The second-order valence-corrected chi connectivity index (χ2v) is 4.92. The van der Waals surface area contributed by atoms with Gasteiger partial charge in [0, 0.05) is 25.5 Å². The van der Waals surface area contributed by atoms with Gasteiger partial charge in [0.25, 0.3) is 5.88 Å². The van der Waals surface area contributed by atoms with Crippen LogP contribution in [0, 0.1) is 0 Å². The summed E-state index contributed by atoms with van der Waals surface area (Å²) in [6, 6.07) is 0. The van der Waals surface area contributed by atoms with Crippen molar-refractivity contribution in [3.63, 3.8) is 0 Å². The van der Waals surface area contributed by atoms with E-state index < -0.39 is 0 Å². The van der Waals surface area contributed by atoms with Crippen molar-refractivity contribution in [3.8, 4) is 5.88 Å². The fourth-order valence-corrected chi connectivity index (χ4v) is 2.38. The molecule has 1 fully saturated rings. The Labute approximate surface area is 118 Å². The minimum Gasteiger partial charge on any atom is -0.472 e. The number of hydrogen-bond donors (Lipinski definition) is 1. The Kier molecular flexibility index (Phi) is 4.01. The highest BCUT2D eigenvalue weighted by Crippen LogP contribution is 2.20. The molecule has 0 aromatic carbocycles. The largest absolute Gasteiger partial charge is 0.472 e. The van der Waals surface area contributed by atoms with Crippen molar-refractivity contribution in [2.24, 2.45) is 0 Å². The summed E-state index contributed by atoms with van der Waals surface area (Å²) in [5, 5.41) is 3.20. The summed E-state index contributed by atoms with van der Waals surface area (Å²) in [5.41, 5.74) is 0.738. The second-order valence-electron chi connectivity index (χ2n) is 4.92. The molecule has 1 atom stereocenters. The van der Waals surface area contributed by atoms with Gasteiger partial charge in [-0.3, -0.25) is 4.40 Å². The molecule has 6 nitrogen and oxygen atoms in total. The molecular formula is C14H20N4O2. The van der Waals surface area contributed by atoms with Gasteiger partial charge in [0.15, 0.2) is 0 Å². The number of hydrogen-bond acceptors (Lipinski definition) is 5. The molecule has 1 aliphatic rings. The normalized spacial score (nSPS) is 19.1. The SMILES string of the molecule is CCNc1cn2ccnc2c(OCC2CCCCO2)n1. The third-order valence-electron chi connectivity index (χ3n) is 3.38. The number of imidazole rings is 1. The summed E-state index contributed by atoms with van der Waals surface area (Å²) < 4.78 is 13.4. The summed E-state index contributed by atoms with van der Waals surface area (Å²) in [6.45, 7) is 4.22. The van der Waals surface area contributed by atoms with E-state index in [9.17, 15) is 0 Å². The van der Waals surface area contributed by atoms with Crippen LogP contribution in [-0.2, 0) is 4.74 Å². The maximum atomic E-state index is 5.84. The molecule has 1 saturated heterocycles. The van der Waals surface area contributed by atoms with Gasteiger partial charge in [-0.2, -0.15) is 4.98 Å². The predicted molar refractivity (Wildman–Crippen MR) is 76.2 cm³/mol. The topological polar surface area (TPSA) is 60.7 Å². The van der Waals surface area contributed by atoms with Crippen molar-refractivity contribution >= 4 is 11.5 Å². The molecule has 6 heteroatoms. The van der Waals surface area contributed by atoms with Gasteiger partial charge >= 0.3 is 0 Å². The standard InChI is InChI=1S/C14H20N4O2/c1-2-15-12-9-18-7-6-16-13(18)14(17-12)20-10-11-5-3-4-8-19-11/h6-7,9,11,15H,2-5,8,10H2,1H3. The molecule has 0 amide bonds. The molecule has 0 bridgehead atoms. The van der Waals surface area contributed by atoms with Gasteiger partial charge in [-0.05, 0) is 26.2 Å². The number of nitrogens with one attached hydrogen (secondary N) is 1. The molecule has 108 valence electrons. The Balaban J connectivity index is 1.76. The van der Waals surface area contributed by atoms with Crippen LogP contribution in [0.3, 0.4) is 0 Å².